The van der Waals surface area contributed by atoms with Crippen LogP contribution in [-0.2, 0) is 6.54 Å². The number of aromatic amines is 1. The lowest BCUT2D eigenvalue weighted by Crippen LogP contribution is -2.48. The molecule has 5 aromatic rings. The zero-order valence-electron chi connectivity index (χ0n) is 16.2. The number of nitrogens with two attached hydrogens (primary N) is 1. The van der Waals surface area contributed by atoms with Gasteiger partial charge in [0, 0.05) is 6.54 Å². The van der Waals surface area contributed by atoms with Gasteiger partial charge in [-0.3, -0.25) is 0 Å². The molecule has 0 saturated carbocycles. The Balaban J connectivity index is 1.60. The van der Waals surface area contributed by atoms with Gasteiger partial charge in [-0.1, -0.05) is 54.6 Å². The third-order valence-corrected chi connectivity index (χ3v) is 5.51. The number of rotatable bonds is 3. The third-order valence-electron chi connectivity index (χ3n) is 5.51. The van der Waals surface area contributed by atoms with Gasteiger partial charge in [0.05, 0.1) is 11.0 Å². The molecule has 2 aromatic heterocycles. The van der Waals surface area contributed by atoms with Crippen LogP contribution < -0.4 is 15.6 Å². The number of imidazole rings is 2. The molecule has 7 nitrogen and oxygen atoms in total. The van der Waals surface area contributed by atoms with E-state index in [1.54, 1.807) is 0 Å². The largest absolute Gasteiger partial charge is 0.365 e. The maximum absolute atomic E-state index is 6.16. The lowest BCUT2D eigenvalue weighted by atomic mass is 10.2. The molecule has 7 heteroatoms. The Kier molecular flexibility index (Phi) is 3.61. The molecule has 3 aromatic carbocycles. The van der Waals surface area contributed by atoms with Gasteiger partial charge >= 0.3 is 5.95 Å². The van der Waals surface area contributed by atoms with Crippen LogP contribution in [0, 0.1) is 0 Å². The Labute approximate surface area is 172 Å². The summed E-state index contributed by atoms with van der Waals surface area (Å²) in [5.74, 6) is 2.01. The molecular weight excluding hydrogens is 374 g/mol. The normalized spacial score (nSPS) is 15.7. The van der Waals surface area contributed by atoms with E-state index in [9.17, 15) is 0 Å². The fourth-order valence-electron chi connectivity index (χ4n) is 4.18. The maximum Gasteiger partial charge on any atom is 0.365 e. The van der Waals surface area contributed by atoms with Crippen LogP contribution in [0.15, 0.2) is 83.9 Å². The molecule has 3 heterocycles. The van der Waals surface area contributed by atoms with Crippen LogP contribution in [0.25, 0.3) is 22.1 Å². The van der Waals surface area contributed by atoms with E-state index in [0.717, 1.165) is 33.8 Å². The molecule has 1 aliphatic rings. The second kappa shape index (κ2) is 6.45. The first kappa shape index (κ1) is 16.8. The minimum atomic E-state index is -0.381. The zero-order valence-corrected chi connectivity index (χ0v) is 16.2. The van der Waals surface area contributed by atoms with Crippen molar-refractivity contribution in [2.24, 2.45) is 10.7 Å². The summed E-state index contributed by atoms with van der Waals surface area (Å²) in [5.41, 5.74) is 11.4. The lowest BCUT2D eigenvalue weighted by Gasteiger charge is -2.19. The van der Waals surface area contributed by atoms with E-state index in [1.807, 2.05) is 42.5 Å². The molecule has 30 heavy (non-hydrogen) atoms. The minimum absolute atomic E-state index is 0.366. The van der Waals surface area contributed by atoms with E-state index in [1.165, 1.54) is 5.56 Å². The minimum Gasteiger partial charge on any atom is -0.357 e. The molecule has 1 aliphatic heterocycles. The average Bonchev–Trinajstić information content (AvgIpc) is 3.32. The van der Waals surface area contributed by atoms with Crippen molar-refractivity contribution in [3.8, 4) is 0 Å². The quantitative estimate of drug-likeness (QED) is 0.411. The predicted molar refractivity (Wildman–Crippen MR) is 117 cm³/mol. The number of aromatic nitrogens is 4. The molecule has 0 saturated heterocycles. The standard InChI is InChI=1S/C23H19N7/c24-22-27-21(30-19-13-7-5-11-17(19)26-23(30)28-22)20-25-16-10-4-6-12-18(16)29(20)14-15-8-2-1-3-9-15/h1-13,21H,14H2,(H3,24,26,27,28)/p+1/t21-/m0/s1. The summed E-state index contributed by atoms with van der Waals surface area (Å²) in [6, 6.07) is 26.7. The first-order valence-electron chi connectivity index (χ1n) is 9.89. The summed E-state index contributed by atoms with van der Waals surface area (Å²) in [5, 5.41) is 3.15. The molecular formula is C23H20N7+. The maximum atomic E-state index is 6.16. The summed E-state index contributed by atoms with van der Waals surface area (Å²) in [6.07, 6.45) is -0.381. The summed E-state index contributed by atoms with van der Waals surface area (Å²) >= 11 is 0. The number of nitrogens with one attached hydrogen (secondary N) is 2. The molecule has 146 valence electrons. The van der Waals surface area contributed by atoms with Crippen molar-refractivity contribution in [2.45, 2.75) is 12.7 Å². The monoisotopic (exact) mass is 394 g/mol. The van der Waals surface area contributed by atoms with Crippen LogP contribution >= 0.6 is 0 Å². The zero-order chi connectivity index (χ0) is 20.1. The molecule has 4 N–H and O–H groups in total. The number of para-hydroxylation sites is 4. The highest BCUT2D eigenvalue weighted by Crippen LogP contribution is 2.27. The highest BCUT2D eigenvalue weighted by atomic mass is 15.4. The molecule has 0 unspecified atom stereocenters. The summed E-state index contributed by atoms with van der Waals surface area (Å²) in [6.45, 7) is 0.703. The predicted octanol–water partition coefficient (Wildman–Crippen LogP) is 3.14. The van der Waals surface area contributed by atoms with Gasteiger partial charge in [-0.15, -0.1) is 0 Å². The Morgan fingerprint density at radius 2 is 1.70 bits per heavy atom. The van der Waals surface area contributed by atoms with Crippen molar-refractivity contribution in [1.29, 1.82) is 0 Å². The number of fused-ring (bicyclic) bond motifs is 4. The first-order chi connectivity index (χ1) is 14.8. The van der Waals surface area contributed by atoms with E-state index < -0.39 is 0 Å². The summed E-state index contributed by atoms with van der Waals surface area (Å²) < 4.78 is 4.35. The average molecular weight is 394 g/mol. The molecule has 0 radical (unpaired) electrons. The number of anilines is 1. The Bertz CT molecular complexity index is 1410. The molecule has 0 amide bonds. The molecule has 1 atom stereocenters. The number of aliphatic imine (C=N–C) groups is 1. The molecule has 0 bridgehead atoms. The lowest BCUT2D eigenvalue weighted by molar-refractivity contribution is -0.675. The van der Waals surface area contributed by atoms with Crippen molar-refractivity contribution >= 4 is 34.0 Å². The van der Waals surface area contributed by atoms with Crippen molar-refractivity contribution < 1.29 is 4.57 Å². The Hall–Kier alpha value is -4.13. The number of benzene rings is 3. The third kappa shape index (κ3) is 2.56. The van der Waals surface area contributed by atoms with Gasteiger partial charge in [-0.05, 0) is 29.8 Å². The summed E-state index contributed by atoms with van der Waals surface area (Å²) in [7, 11) is 0. The van der Waals surface area contributed by atoms with Crippen LogP contribution in [0.4, 0.5) is 5.95 Å². The highest BCUT2D eigenvalue weighted by molar-refractivity contribution is 5.92. The van der Waals surface area contributed by atoms with Crippen molar-refractivity contribution in [3.05, 3.63) is 90.3 Å². The van der Waals surface area contributed by atoms with E-state index in [4.69, 9.17) is 15.7 Å². The van der Waals surface area contributed by atoms with Gasteiger partial charge in [0.25, 0.3) is 5.96 Å². The van der Waals surface area contributed by atoms with Crippen molar-refractivity contribution in [2.75, 3.05) is 5.32 Å². The Morgan fingerprint density at radius 1 is 0.933 bits per heavy atom. The SMILES string of the molecule is NC1=N[C@H](c2nc3ccccc3n2Cc2ccccc2)[n+]2c([nH]c3ccccc32)N1. The number of hydrogen-bond acceptors (Lipinski definition) is 4. The van der Waals surface area contributed by atoms with Crippen LogP contribution in [0.2, 0.25) is 0 Å². The van der Waals surface area contributed by atoms with Crippen LogP contribution in [0.5, 0.6) is 0 Å². The van der Waals surface area contributed by atoms with E-state index in [-0.39, 0.29) is 6.17 Å². The van der Waals surface area contributed by atoms with E-state index in [2.05, 4.69) is 55.8 Å². The molecule has 0 spiro atoms. The van der Waals surface area contributed by atoms with Crippen LogP contribution in [-0.4, -0.2) is 20.5 Å². The van der Waals surface area contributed by atoms with Crippen molar-refractivity contribution in [3.63, 3.8) is 0 Å². The smallest absolute Gasteiger partial charge is 0.357 e. The van der Waals surface area contributed by atoms with Crippen LogP contribution in [0.3, 0.4) is 0 Å². The van der Waals surface area contributed by atoms with Gasteiger partial charge < -0.3 is 10.3 Å². The van der Waals surface area contributed by atoms with E-state index >= 15 is 0 Å². The fourth-order valence-corrected chi connectivity index (χ4v) is 4.18. The van der Waals surface area contributed by atoms with Gasteiger partial charge in [-0.25, -0.2) is 15.3 Å². The molecule has 0 aliphatic carbocycles. The molecule has 6 rings (SSSR count). The number of guanidine groups is 1. The van der Waals surface area contributed by atoms with Gasteiger partial charge in [-0.2, -0.15) is 9.56 Å². The highest BCUT2D eigenvalue weighted by Gasteiger charge is 2.34. The molecule has 0 fully saturated rings. The van der Waals surface area contributed by atoms with Gasteiger partial charge in [0.2, 0.25) is 6.17 Å². The van der Waals surface area contributed by atoms with Gasteiger partial charge in [0.1, 0.15) is 11.0 Å². The second-order valence-electron chi connectivity index (χ2n) is 7.40. The first-order valence-corrected chi connectivity index (χ1v) is 9.89. The Morgan fingerprint density at radius 3 is 2.60 bits per heavy atom. The van der Waals surface area contributed by atoms with Gasteiger partial charge in [0.15, 0.2) is 5.82 Å². The van der Waals surface area contributed by atoms with Crippen LogP contribution in [0.1, 0.15) is 17.6 Å². The fraction of sp³-hybridized carbons (Fsp3) is 0.0870. The number of H-pyrrole nitrogens is 1. The van der Waals surface area contributed by atoms with Crippen molar-refractivity contribution in [1.82, 2.24) is 14.5 Å². The number of nitrogens with zero attached hydrogens (tertiary/aromatic N) is 4. The summed E-state index contributed by atoms with van der Waals surface area (Å²) in [4.78, 5) is 13.1. The second-order valence-corrected chi connectivity index (χ2v) is 7.40. The van der Waals surface area contributed by atoms with E-state index in [0.29, 0.717) is 12.5 Å². The number of hydrogen-bond donors (Lipinski definition) is 3. The topological polar surface area (TPSA) is 87.9 Å².